The van der Waals surface area contributed by atoms with Crippen LogP contribution >= 0.6 is 0 Å². The molecule has 1 heterocycles. The molecule has 0 aromatic carbocycles. The van der Waals surface area contributed by atoms with E-state index < -0.39 is 30.6 Å². The predicted molar refractivity (Wildman–Crippen MR) is 49.8 cm³/mol. The van der Waals surface area contributed by atoms with Crippen molar-refractivity contribution in [2.24, 2.45) is 10.2 Å². The van der Waals surface area contributed by atoms with Crippen molar-refractivity contribution in [1.82, 2.24) is 0 Å². The first-order valence-corrected chi connectivity index (χ1v) is 4.36. The quantitative estimate of drug-likeness (QED) is 0.335. The SMILES string of the molecule is [N-]=[N+]=NC[C@H]1O[C@@H](N=[N+]=[N-])[C@@H](O)[C@@H](O)[C@@H]1O. The molecule has 1 aliphatic heterocycles. The molecule has 0 radical (unpaired) electrons. The van der Waals surface area contributed by atoms with Gasteiger partial charge in [0.2, 0.25) is 0 Å². The Balaban J connectivity index is 2.79. The summed E-state index contributed by atoms with van der Waals surface area (Å²) in [6, 6.07) is 0. The van der Waals surface area contributed by atoms with E-state index in [1.54, 1.807) is 0 Å². The van der Waals surface area contributed by atoms with Crippen LogP contribution in [0, 0.1) is 0 Å². The van der Waals surface area contributed by atoms with E-state index in [0.29, 0.717) is 0 Å². The van der Waals surface area contributed by atoms with E-state index in [9.17, 15) is 15.3 Å². The molecular formula is C6H10N6O4. The van der Waals surface area contributed by atoms with Gasteiger partial charge in [-0.15, -0.1) is 0 Å². The number of aliphatic hydroxyl groups is 3. The largest absolute Gasteiger partial charge is 0.388 e. The molecule has 0 amide bonds. The summed E-state index contributed by atoms with van der Waals surface area (Å²) in [6.45, 7) is -0.237. The van der Waals surface area contributed by atoms with Crippen molar-refractivity contribution in [3.63, 3.8) is 0 Å². The van der Waals surface area contributed by atoms with Crippen molar-refractivity contribution in [2.45, 2.75) is 30.6 Å². The molecular weight excluding hydrogens is 220 g/mol. The highest BCUT2D eigenvalue weighted by Crippen LogP contribution is 2.22. The lowest BCUT2D eigenvalue weighted by Gasteiger charge is -2.38. The van der Waals surface area contributed by atoms with E-state index in [0.717, 1.165) is 0 Å². The first-order chi connectivity index (χ1) is 7.61. The Labute approximate surface area is 89.3 Å². The number of aliphatic hydroxyl groups excluding tert-OH is 3. The summed E-state index contributed by atoms with van der Waals surface area (Å²) in [5.74, 6) is 0. The van der Waals surface area contributed by atoms with Gasteiger partial charge in [-0.3, -0.25) is 0 Å². The van der Waals surface area contributed by atoms with Crippen molar-refractivity contribution in [2.75, 3.05) is 6.54 Å². The first kappa shape index (κ1) is 12.5. The number of hydrogen-bond donors (Lipinski definition) is 3. The Hall–Kier alpha value is -1.54. The summed E-state index contributed by atoms with van der Waals surface area (Å²) in [4.78, 5) is 4.89. The summed E-state index contributed by atoms with van der Waals surface area (Å²) in [5, 5.41) is 34.5. The maximum atomic E-state index is 9.47. The van der Waals surface area contributed by atoms with Crippen LogP contribution in [0.4, 0.5) is 0 Å². The molecule has 0 unspecified atom stereocenters. The second kappa shape index (κ2) is 5.52. The van der Waals surface area contributed by atoms with E-state index >= 15 is 0 Å². The smallest absolute Gasteiger partial charge is 0.165 e. The zero-order valence-corrected chi connectivity index (χ0v) is 8.03. The van der Waals surface area contributed by atoms with Crippen molar-refractivity contribution in [3.8, 4) is 0 Å². The second-order valence-electron chi connectivity index (χ2n) is 3.16. The molecule has 0 aromatic heterocycles. The van der Waals surface area contributed by atoms with Gasteiger partial charge in [0.1, 0.15) is 18.3 Å². The summed E-state index contributed by atoms with van der Waals surface area (Å²) in [7, 11) is 0. The van der Waals surface area contributed by atoms with Crippen molar-refractivity contribution < 1.29 is 20.1 Å². The monoisotopic (exact) mass is 230 g/mol. The van der Waals surface area contributed by atoms with Crippen LogP contribution in [-0.2, 0) is 4.74 Å². The van der Waals surface area contributed by atoms with Crippen LogP contribution in [-0.4, -0.2) is 52.5 Å². The van der Waals surface area contributed by atoms with Gasteiger partial charge in [0.15, 0.2) is 6.23 Å². The van der Waals surface area contributed by atoms with Crippen LogP contribution in [0.25, 0.3) is 20.9 Å². The Bertz CT molecular complexity index is 336. The lowest BCUT2D eigenvalue weighted by Crippen LogP contribution is -2.57. The van der Waals surface area contributed by atoms with Crippen LogP contribution < -0.4 is 0 Å². The van der Waals surface area contributed by atoms with Crippen LogP contribution in [0.5, 0.6) is 0 Å². The van der Waals surface area contributed by atoms with Crippen molar-refractivity contribution >= 4 is 0 Å². The summed E-state index contributed by atoms with van der Waals surface area (Å²) < 4.78 is 4.98. The van der Waals surface area contributed by atoms with Crippen molar-refractivity contribution in [1.29, 1.82) is 0 Å². The standard InChI is InChI=1S/C6H10N6O4/c7-11-9-1-2-3(13)4(14)5(15)6(16-2)10-12-8/h2-6,13-15H,1H2/t2-,3-,4+,5+,6-/m1/s1. The Morgan fingerprint density at radius 1 is 1.06 bits per heavy atom. The third kappa shape index (κ3) is 2.52. The number of azide groups is 2. The molecule has 0 bridgehead atoms. The Morgan fingerprint density at radius 2 is 1.75 bits per heavy atom. The normalized spacial score (nSPS) is 38.3. The molecule has 1 saturated heterocycles. The molecule has 0 spiro atoms. The average Bonchev–Trinajstić information content (AvgIpc) is 2.28. The van der Waals surface area contributed by atoms with Gasteiger partial charge in [0.05, 0.1) is 12.6 Å². The van der Waals surface area contributed by atoms with Gasteiger partial charge in [0.25, 0.3) is 0 Å². The number of nitrogens with zero attached hydrogens (tertiary/aromatic N) is 6. The van der Waals surface area contributed by atoms with Gasteiger partial charge in [0, 0.05) is 9.82 Å². The lowest BCUT2D eigenvalue weighted by molar-refractivity contribution is -0.216. The first-order valence-electron chi connectivity index (χ1n) is 4.36. The summed E-state index contributed by atoms with van der Waals surface area (Å²) in [6.07, 6.45) is -6.80. The highest BCUT2D eigenvalue weighted by Gasteiger charge is 2.42. The van der Waals surface area contributed by atoms with Crippen molar-refractivity contribution in [3.05, 3.63) is 20.9 Å². The maximum Gasteiger partial charge on any atom is 0.165 e. The number of hydrogen-bond acceptors (Lipinski definition) is 6. The Morgan fingerprint density at radius 3 is 2.31 bits per heavy atom. The van der Waals surface area contributed by atoms with Gasteiger partial charge < -0.3 is 20.1 Å². The van der Waals surface area contributed by atoms with Gasteiger partial charge in [-0.25, -0.2) is 0 Å². The molecule has 1 fully saturated rings. The highest BCUT2D eigenvalue weighted by molar-refractivity contribution is 4.92. The zero-order valence-electron chi connectivity index (χ0n) is 8.03. The fourth-order valence-corrected chi connectivity index (χ4v) is 1.35. The third-order valence-electron chi connectivity index (χ3n) is 2.18. The van der Waals surface area contributed by atoms with Crippen LogP contribution in [0.1, 0.15) is 0 Å². The third-order valence-corrected chi connectivity index (χ3v) is 2.18. The maximum absolute atomic E-state index is 9.47. The average molecular weight is 230 g/mol. The van der Waals surface area contributed by atoms with Crippen LogP contribution in [0.15, 0.2) is 10.2 Å². The van der Waals surface area contributed by atoms with E-state index in [4.69, 9.17) is 15.8 Å². The lowest BCUT2D eigenvalue weighted by atomic mass is 9.98. The summed E-state index contributed by atoms with van der Waals surface area (Å²) in [5.41, 5.74) is 16.3. The summed E-state index contributed by atoms with van der Waals surface area (Å²) >= 11 is 0. The highest BCUT2D eigenvalue weighted by atomic mass is 16.5. The van der Waals surface area contributed by atoms with E-state index in [-0.39, 0.29) is 6.54 Å². The molecule has 3 N–H and O–H groups in total. The molecule has 0 aliphatic carbocycles. The van der Waals surface area contributed by atoms with E-state index in [2.05, 4.69) is 20.1 Å². The van der Waals surface area contributed by atoms with Gasteiger partial charge in [-0.1, -0.05) is 10.2 Å². The molecule has 0 aromatic rings. The molecule has 5 atom stereocenters. The molecule has 10 nitrogen and oxygen atoms in total. The topological polar surface area (TPSA) is 167 Å². The second-order valence-corrected chi connectivity index (χ2v) is 3.16. The molecule has 0 saturated carbocycles. The number of ether oxygens (including phenoxy) is 1. The number of rotatable bonds is 3. The molecule has 88 valence electrons. The predicted octanol–water partition coefficient (Wildman–Crippen LogP) is -0.585. The molecule has 16 heavy (non-hydrogen) atoms. The van der Waals surface area contributed by atoms with Gasteiger partial charge >= 0.3 is 0 Å². The molecule has 10 heteroatoms. The van der Waals surface area contributed by atoms with Gasteiger partial charge in [-0.05, 0) is 11.1 Å². The van der Waals surface area contributed by atoms with Crippen LogP contribution in [0.3, 0.4) is 0 Å². The minimum absolute atomic E-state index is 0.237. The van der Waals surface area contributed by atoms with Crippen LogP contribution in [0.2, 0.25) is 0 Å². The van der Waals surface area contributed by atoms with E-state index in [1.165, 1.54) is 0 Å². The molecule has 1 aliphatic rings. The molecule has 1 rings (SSSR count). The van der Waals surface area contributed by atoms with E-state index in [1.807, 2.05) is 0 Å². The minimum Gasteiger partial charge on any atom is -0.388 e. The minimum atomic E-state index is -1.52. The fourth-order valence-electron chi connectivity index (χ4n) is 1.35. The zero-order chi connectivity index (χ0) is 12.1. The fraction of sp³-hybridized carbons (Fsp3) is 1.00. The Kier molecular flexibility index (Phi) is 4.32. The van der Waals surface area contributed by atoms with Gasteiger partial charge in [-0.2, -0.15) is 0 Å².